The predicted molar refractivity (Wildman–Crippen MR) is 81.9 cm³/mol. The van der Waals surface area contributed by atoms with Gasteiger partial charge in [-0.1, -0.05) is 31.2 Å². The van der Waals surface area contributed by atoms with Crippen LogP contribution < -0.4 is 11.1 Å². The lowest BCUT2D eigenvalue weighted by atomic mass is 9.96. The maximum atomic E-state index is 11.7. The van der Waals surface area contributed by atoms with Crippen molar-refractivity contribution in [2.75, 3.05) is 13.1 Å². The lowest BCUT2D eigenvalue weighted by Crippen LogP contribution is -2.36. The summed E-state index contributed by atoms with van der Waals surface area (Å²) in [5.41, 5.74) is 7.77. The van der Waals surface area contributed by atoms with Crippen molar-refractivity contribution in [2.24, 2.45) is 5.73 Å². The van der Waals surface area contributed by atoms with Crippen LogP contribution in [-0.4, -0.2) is 24.8 Å². The first-order chi connectivity index (χ1) is 9.35. The summed E-state index contributed by atoms with van der Waals surface area (Å²) in [6.45, 7) is 8.63. The number of nitrogens with two attached hydrogens (primary N) is 1. The smallest absolute Gasteiger partial charge is 0.407 e. The fraction of sp³-hybridized carbons (Fsp3) is 0.562. The molecule has 4 heteroatoms. The minimum atomic E-state index is -0.482. The summed E-state index contributed by atoms with van der Waals surface area (Å²) in [4.78, 5) is 11.7. The van der Waals surface area contributed by atoms with Crippen LogP contribution in [0, 0.1) is 0 Å². The molecule has 0 aliphatic rings. The highest BCUT2D eigenvalue weighted by Gasteiger charge is 2.17. The highest BCUT2D eigenvalue weighted by atomic mass is 16.6. The number of benzene rings is 1. The molecule has 1 aromatic carbocycles. The Morgan fingerprint density at radius 3 is 2.65 bits per heavy atom. The summed E-state index contributed by atoms with van der Waals surface area (Å²) in [5.74, 6) is 0.106. The van der Waals surface area contributed by atoms with Crippen molar-refractivity contribution in [2.45, 2.75) is 45.6 Å². The number of carbonyl (C=O) groups excluding carboxylic acids is 1. The Morgan fingerprint density at radius 2 is 2.10 bits per heavy atom. The molecule has 0 aliphatic heterocycles. The molecule has 20 heavy (non-hydrogen) atoms. The first kappa shape index (κ1) is 16.5. The lowest BCUT2D eigenvalue weighted by molar-refractivity contribution is 0.0525. The summed E-state index contributed by atoms with van der Waals surface area (Å²) >= 11 is 0. The van der Waals surface area contributed by atoms with Gasteiger partial charge < -0.3 is 15.8 Å². The number of aryl methyl sites for hydroxylation is 1. The van der Waals surface area contributed by atoms with Gasteiger partial charge in [-0.3, -0.25) is 0 Å². The summed E-state index contributed by atoms with van der Waals surface area (Å²) in [5, 5.41) is 2.79. The molecule has 0 saturated heterocycles. The molecule has 1 atom stereocenters. The van der Waals surface area contributed by atoms with Crippen molar-refractivity contribution in [3.63, 3.8) is 0 Å². The first-order valence-corrected chi connectivity index (χ1v) is 7.11. The fourth-order valence-electron chi connectivity index (χ4n) is 1.92. The van der Waals surface area contributed by atoms with Gasteiger partial charge in [-0.05, 0) is 38.3 Å². The molecule has 3 N–H and O–H groups in total. The molecule has 0 saturated carbocycles. The minimum Gasteiger partial charge on any atom is -0.444 e. The van der Waals surface area contributed by atoms with Crippen LogP contribution in [0.25, 0.3) is 0 Å². The van der Waals surface area contributed by atoms with Gasteiger partial charge in [-0.2, -0.15) is 0 Å². The van der Waals surface area contributed by atoms with E-state index in [1.54, 1.807) is 0 Å². The number of ether oxygens (including phenoxy) is 1. The Hall–Kier alpha value is -1.55. The highest BCUT2D eigenvalue weighted by molar-refractivity contribution is 5.67. The molecular weight excluding hydrogens is 252 g/mol. The number of nitrogens with one attached hydrogen (secondary N) is 1. The van der Waals surface area contributed by atoms with Crippen molar-refractivity contribution < 1.29 is 9.53 Å². The Balaban J connectivity index is 2.61. The van der Waals surface area contributed by atoms with Crippen molar-refractivity contribution >= 4 is 6.09 Å². The number of rotatable bonds is 5. The second-order valence-corrected chi connectivity index (χ2v) is 5.91. The molecule has 0 heterocycles. The van der Waals surface area contributed by atoms with E-state index < -0.39 is 11.7 Å². The average Bonchev–Trinajstić information content (AvgIpc) is 2.37. The van der Waals surface area contributed by atoms with Crippen LogP contribution in [0.1, 0.15) is 44.7 Å². The maximum Gasteiger partial charge on any atom is 0.407 e. The summed E-state index contributed by atoms with van der Waals surface area (Å²) in [6, 6.07) is 8.32. The third kappa shape index (κ3) is 5.61. The molecule has 1 aromatic rings. The Kier molecular flexibility index (Phi) is 6.02. The van der Waals surface area contributed by atoms with E-state index in [0.717, 1.165) is 12.0 Å². The molecular formula is C16H26N2O2. The monoisotopic (exact) mass is 278 g/mol. The number of hydrogen-bond acceptors (Lipinski definition) is 3. The lowest BCUT2D eigenvalue weighted by Gasteiger charge is -2.22. The quantitative estimate of drug-likeness (QED) is 0.870. The molecule has 0 radical (unpaired) electrons. The summed E-state index contributed by atoms with van der Waals surface area (Å²) < 4.78 is 5.22. The van der Waals surface area contributed by atoms with E-state index in [4.69, 9.17) is 10.5 Å². The minimum absolute atomic E-state index is 0.106. The van der Waals surface area contributed by atoms with Crippen molar-refractivity contribution in [1.82, 2.24) is 5.32 Å². The van der Waals surface area contributed by atoms with E-state index in [0.29, 0.717) is 13.1 Å². The van der Waals surface area contributed by atoms with Crippen molar-refractivity contribution in [1.29, 1.82) is 0 Å². The Morgan fingerprint density at radius 1 is 1.40 bits per heavy atom. The SMILES string of the molecule is CCc1cccc(C(CN)CNC(=O)OC(C)(C)C)c1. The van der Waals surface area contributed by atoms with Gasteiger partial charge in [0.1, 0.15) is 5.60 Å². The van der Waals surface area contributed by atoms with Gasteiger partial charge >= 0.3 is 6.09 Å². The van der Waals surface area contributed by atoms with Gasteiger partial charge in [0.2, 0.25) is 0 Å². The zero-order valence-corrected chi connectivity index (χ0v) is 12.9. The number of amides is 1. The second kappa shape index (κ2) is 7.29. The molecule has 112 valence electrons. The number of alkyl carbamates (subject to hydrolysis) is 1. The largest absolute Gasteiger partial charge is 0.444 e. The molecule has 4 nitrogen and oxygen atoms in total. The Bertz CT molecular complexity index is 438. The molecule has 0 aromatic heterocycles. The molecule has 1 amide bonds. The Labute approximate surface area is 121 Å². The van der Waals surface area contributed by atoms with E-state index in [1.165, 1.54) is 5.56 Å². The molecule has 0 bridgehead atoms. The van der Waals surface area contributed by atoms with Gasteiger partial charge in [0.05, 0.1) is 0 Å². The fourth-order valence-corrected chi connectivity index (χ4v) is 1.92. The topological polar surface area (TPSA) is 64.3 Å². The third-order valence-electron chi connectivity index (χ3n) is 3.01. The van der Waals surface area contributed by atoms with Crippen LogP contribution in [0.5, 0.6) is 0 Å². The van der Waals surface area contributed by atoms with Crippen LogP contribution in [0.3, 0.4) is 0 Å². The zero-order chi connectivity index (χ0) is 15.2. The predicted octanol–water partition coefficient (Wildman–Crippen LogP) is 2.82. The number of carbonyl (C=O) groups is 1. The standard InChI is InChI=1S/C16H26N2O2/c1-5-12-7-6-8-13(9-12)14(10-17)11-18-15(19)20-16(2,3)4/h6-9,14H,5,10-11,17H2,1-4H3,(H,18,19). The highest BCUT2D eigenvalue weighted by Crippen LogP contribution is 2.16. The van der Waals surface area contributed by atoms with Crippen molar-refractivity contribution in [3.05, 3.63) is 35.4 Å². The third-order valence-corrected chi connectivity index (χ3v) is 3.01. The van der Waals surface area contributed by atoms with E-state index >= 15 is 0 Å². The second-order valence-electron chi connectivity index (χ2n) is 5.91. The molecule has 1 rings (SSSR count). The van der Waals surface area contributed by atoms with E-state index in [-0.39, 0.29) is 5.92 Å². The summed E-state index contributed by atoms with van der Waals surface area (Å²) in [7, 11) is 0. The van der Waals surface area contributed by atoms with Crippen LogP contribution in [-0.2, 0) is 11.2 Å². The normalized spacial score (nSPS) is 12.8. The summed E-state index contributed by atoms with van der Waals surface area (Å²) in [6.07, 6.45) is 0.590. The van der Waals surface area contributed by atoms with Crippen LogP contribution in [0.4, 0.5) is 4.79 Å². The molecule has 1 unspecified atom stereocenters. The average molecular weight is 278 g/mol. The van der Waals surface area contributed by atoms with Crippen LogP contribution in [0.15, 0.2) is 24.3 Å². The molecule has 0 spiro atoms. The van der Waals surface area contributed by atoms with Gasteiger partial charge in [0.25, 0.3) is 0 Å². The van der Waals surface area contributed by atoms with Gasteiger partial charge in [-0.15, -0.1) is 0 Å². The van der Waals surface area contributed by atoms with Gasteiger partial charge in [-0.25, -0.2) is 4.79 Å². The van der Waals surface area contributed by atoms with E-state index in [9.17, 15) is 4.79 Å². The van der Waals surface area contributed by atoms with Gasteiger partial charge in [0.15, 0.2) is 0 Å². The van der Waals surface area contributed by atoms with E-state index in [1.807, 2.05) is 32.9 Å². The molecule has 0 fully saturated rings. The maximum absolute atomic E-state index is 11.7. The van der Waals surface area contributed by atoms with Gasteiger partial charge in [0, 0.05) is 19.0 Å². The zero-order valence-electron chi connectivity index (χ0n) is 12.9. The van der Waals surface area contributed by atoms with E-state index in [2.05, 4.69) is 24.4 Å². The molecule has 0 aliphatic carbocycles. The van der Waals surface area contributed by atoms with Crippen LogP contribution >= 0.6 is 0 Å². The number of hydrogen-bond donors (Lipinski definition) is 2. The van der Waals surface area contributed by atoms with Crippen LogP contribution in [0.2, 0.25) is 0 Å². The van der Waals surface area contributed by atoms with Crippen molar-refractivity contribution in [3.8, 4) is 0 Å². The first-order valence-electron chi connectivity index (χ1n) is 7.11.